The van der Waals surface area contributed by atoms with Gasteiger partial charge in [0.25, 0.3) is 11.8 Å². The lowest BCUT2D eigenvalue weighted by molar-refractivity contribution is 0.0955. The number of nitrogens with one attached hydrogen (secondary N) is 2. The van der Waals surface area contributed by atoms with Crippen LogP contribution >= 0.6 is 24.8 Å². The Kier molecular flexibility index (Phi) is 12.6. The number of rotatable bonds is 9. The van der Waals surface area contributed by atoms with Crippen molar-refractivity contribution in [2.75, 3.05) is 36.4 Å². The van der Waals surface area contributed by atoms with Crippen LogP contribution in [0.4, 0.5) is 11.5 Å². The SMILES string of the molecule is CCCN(CC)c1ccc(C(=O)Nc2ccccc2C(=O)NCCN)cn1.Cl.Cl. The first-order valence-electron chi connectivity index (χ1n) is 9.20. The molecule has 2 rings (SSSR count). The van der Waals surface area contributed by atoms with Crippen LogP contribution in [0.2, 0.25) is 0 Å². The maximum atomic E-state index is 12.6. The number of nitrogens with zero attached hydrogens (tertiary/aromatic N) is 2. The molecule has 0 saturated carbocycles. The Morgan fingerprint density at radius 3 is 2.38 bits per heavy atom. The number of aromatic nitrogens is 1. The summed E-state index contributed by atoms with van der Waals surface area (Å²) in [5.74, 6) is 0.257. The average Bonchev–Trinajstić information content (AvgIpc) is 2.70. The Labute approximate surface area is 184 Å². The number of amides is 2. The number of anilines is 2. The van der Waals surface area contributed by atoms with Crippen molar-refractivity contribution in [3.8, 4) is 0 Å². The van der Waals surface area contributed by atoms with Crippen molar-refractivity contribution in [2.24, 2.45) is 5.73 Å². The van der Waals surface area contributed by atoms with E-state index in [9.17, 15) is 9.59 Å². The number of benzene rings is 1. The number of nitrogens with two attached hydrogens (primary N) is 1. The summed E-state index contributed by atoms with van der Waals surface area (Å²) >= 11 is 0. The summed E-state index contributed by atoms with van der Waals surface area (Å²) in [6, 6.07) is 10.4. The molecule has 1 heterocycles. The zero-order chi connectivity index (χ0) is 19.6. The molecule has 4 N–H and O–H groups in total. The minimum Gasteiger partial charge on any atom is -0.357 e. The van der Waals surface area contributed by atoms with Crippen LogP contribution in [0, 0.1) is 0 Å². The lowest BCUT2D eigenvalue weighted by Crippen LogP contribution is -2.30. The van der Waals surface area contributed by atoms with Gasteiger partial charge in [0.15, 0.2) is 0 Å². The van der Waals surface area contributed by atoms with Crippen LogP contribution in [0.15, 0.2) is 42.6 Å². The minimum atomic E-state index is -0.313. The van der Waals surface area contributed by atoms with Crippen molar-refractivity contribution < 1.29 is 9.59 Å². The number of halogens is 2. The topological polar surface area (TPSA) is 100 Å². The molecule has 1 aromatic carbocycles. The van der Waals surface area contributed by atoms with Gasteiger partial charge >= 0.3 is 0 Å². The molecule has 0 spiro atoms. The molecular formula is C20H29Cl2N5O2. The number of para-hydroxylation sites is 1. The molecule has 0 radical (unpaired) electrons. The Hall–Kier alpha value is -2.35. The first-order chi connectivity index (χ1) is 13.1. The van der Waals surface area contributed by atoms with Gasteiger partial charge < -0.3 is 21.3 Å². The predicted octanol–water partition coefficient (Wildman–Crippen LogP) is 3.10. The summed E-state index contributed by atoms with van der Waals surface area (Å²) < 4.78 is 0. The third-order valence-corrected chi connectivity index (χ3v) is 4.06. The third kappa shape index (κ3) is 7.53. The largest absolute Gasteiger partial charge is 0.357 e. The monoisotopic (exact) mass is 441 g/mol. The van der Waals surface area contributed by atoms with Crippen LogP contribution in [0.5, 0.6) is 0 Å². The maximum Gasteiger partial charge on any atom is 0.257 e. The van der Waals surface area contributed by atoms with E-state index in [-0.39, 0.29) is 36.6 Å². The van der Waals surface area contributed by atoms with Gasteiger partial charge in [-0.05, 0) is 37.6 Å². The van der Waals surface area contributed by atoms with Gasteiger partial charge in [-0.2, -0.15) is 0 Å². The van der Waals surface area contributed by atoms with E-state index in [1.54, 1.807) is 36.5 Å². The molecular weight excluding hydrogens is 413 g/mol. The van der Waals surface area contributed by atoms with E-state index < -0.39 is 0 Å². The van der Waals surface area contributed by atoms with E-state index in [4.69, 9.17) is 5.73 Å². The molecule has 0 unspecified atom stereocenters. The number of hydrogen-bond donors (Lipinski definition) is 3. The molecule has 29 heavy (non-hydrogen) atoms. The maximum absolute atomic E-state index is 12.6. The lowest BCUT2D eigenvalue weighted by Gasteiger charge is -2.21. The number of carbonyl (C=O) groups excluding carboxylic acids is 2. The Bertz CT molecular complexity index is 772. The minimum absolute atomic E-state index is 0. The van der Waals surface area contributed by atoms with Gasteiger partial charge in [-0.3, -0.25) is 9.59 Å². The highest BCUT2D eigenvalue weighted by Gasteiger charge is 2.14. The fraction of sp³-hybridized carbons (Fsp3) is 0.350. The first kappa shape index (κ1) is 26.6. The van der Waals surface area contributed by atoms with Crippen LogP contribution in [-0.4, -0.2) is 43.0 Å². The highest BCUT2D eigenvalue weighted by molar-refractivity contribution is 6.08. The number of pyridine rings is 1. The van der Waals surface area contributed by atoms with E-state index >= 15 is 0 Å². The van der Waals surface area contributed by atoms with Gasteiger partial charge in [0.05, 0.1) is 16.8 Å². The van der Waals surface area contributed by atoms with Crippen molar-refractivity contribution in [1.82, 2.24) is 10.3 Å². The fourth-order valence-corrected chi connectivity index (χ4v) is 2.68. The van der Waals surface area contributed by atoms with Gasteiger partial charge in [-0.15, -0.1) is 24.8 Å². The summed E-state index contributed by atoms with van der Waals surface area (Å²) in [7, 11) is 0. The van der Waals surface area contributed by atoms with Crippen molar-refractivity contribution in [3.05, 3.63) is 53.7 Å². The lowest BCUT2D eigenvalue weighted by atomic mass is 10.1. The Balaban J connectivity index is 0.00000392. The van der Waals surface area contributed by atoms with E-state index in [1.807, 2.05) is 6.07 Å². The Morgan fingerprint density at radius 2 is 1.79 bits per heavy atom. The van der Waals surface area contributed by atoms with Gasteiger partial charge in [-0.25, -0.2) is 4.98 Å². The van der Waals surface area contributed by atoms with E-state index in [1.165, 1.54) is 0 Å². The third-order valence-electron chi connectivity index (χ3n) is 4.06. The average molecular weight is 442 g/mol. The molecule has 2 amide bonds. The van der Waals surface area contributed by atoms with E-state index in [0.29, 0.717) is 29.9 Å². The van der Waals surface area contributed by atoms with Crippen LogP contribution < -0.4 is 21.3 Å². The molecule has 0 fully saturated rings. The molecule has 1 aromatic heterocycles. The second kappa shape index (κ2) is 13.8. The molecule has 0 saturated heterocycles. The highest BCUT2D eigenvalue weighted by atomic mass is 35.5. The van der Waals surface area contributed by atoms with Gasteiger partial charge in [0.1, 0.15) is 5.82 Å². The summed E-state index contributed by atoms with van der Waals surface area (Å²) in [5, 5.41) is 5.49. The normalized spacial score (nSPS) is 9.62. The smallest absolute Gasteiger partial charge is 0.257 e. The van der Waals surface area contributed by atoms with Crippen molar-refractivity contribution in [3.63, 3.8) is 0 Å². The van der Waals surface area contributed by atoms with E-state index in [2.05, 4.69) is 34.4 Å². The van der Waals surface area contributed by atoms with Crippen LogP contribution in [0.25, 0.3) is 0 Å². The standard InChI is InChI=1S/C20H27N5O2.2ClH/c1-3-13-25(4-2)18-10-9-15(14-23-18)19(26)24-17-8-6-5-7-16(17)20(27)22-12-11-21;;/h5-10,14H,3-4,11-13,21H2,1-2H3,(H,22,27)(H,24,26);2*1H. The molecule has 0 aliphatic carbocycles. The number of hydrogen-bond acceptors (Lipinski definition) is 5. The van der Waals surface area contributed by atoms with Crippen LogP contribution in [0.3, 0.4) is 0 Å². The molecule has 9 heteroatoms. The zero-order valence-corrected chi connectivity index (χ0v) is 18.3. The highest BCUT2D eigenvalue weighted by Crippen LogP contribution is 2.17. The van der Waals surface area contributed by atoms with Gasteiger partial charge in [0.2, 0.25) is 0 Å². The second-order valence-electron chi connectivity index (χ2n) is 6.03. The summed E-state index contributed by atoms with van der Waals surface area (Å²) in [6.45, 7) is 6.69. The summed E-state index contributed by atoms with van der Waals surface area (Å²) in [5.41, 5.74) is 6.69. The quantitative estimate of drug-likeness (QED) is 0.554. The molecule has 160 valence electrons. The number of carbonyl (C=O) groups is 2. The van der Waals surface area contributed by atoms with E-state index in [0.717, 1.165) is 25.3 Å². The molecule has 0 aliphatic heterocycles. The fourth-order valence-electron chi connectivity index (χ4n) is 2.68. The zero-order valence-electron chi connectivity index (χ0n) is 16.7. The van der Waals surface area contributed by atoms with Crippen molar-refractivity contribution in [1.29, 1.82) is 0 Å². The van der Waals surface area contributed by atoms with Crippen molar-refractivity contribution >= 4 is 48.1 Å². The van der Waals surface area contributed by atoms with Gasteiger partial charge in [-0.1, -0.05) is 19.1 Å². The second-order valence-corrected chi connectivity index (χ2v) is 6.03. The molecule has 7 nitrogen and oxygen atoms in total. The summed E-state index contributed by atoms with van der Waals surface area (Å²) in [4.78, 5) is 31.3. The summed E-state index contributed by atoms with van der Waals surface area (Å²) in [6.07, 6.45) is 2.58. The van der Waals surface area contributed by atoms with Gasteiger partial charge in [0, 0.05) is 32.4 Å². The first-order valence-corrected chi connectivity index (χ1v) is 9.20. The van der Waals surface area contributed by atoms with Crippen LogP contribution in [-0.2, 0) is 0 Å². The molecule has 2 aromatic rings. The molecule has 0 atom stereocenters. The Morgan fingerprint density at radius 1 is 1.07 bits per heavy atom. The molecule has 0 aliphatic rings. The van der Waals surface area contributed by atoms with Crippen LogP contribution in [0.1, 0.15) is 41.0 Å². The molecule has 0 bridgehead atoms. The van der Waals surface area contributed by atoms with Crippen molar-refractivity contribution in [2.45, 2.75) is 20.3 Å². The predicted molar refractivity (Wildman–Crippen MR) is 123 cm³/mol.